The summed E-state index contributed by atoms with van der Waals surface area (Å²) < 4.78 is 20.1. The summed E-state index contributed by atoms with van der Waals surface area (Å²) in [6.45, 7) is 3.81. The molecule has 0 N–H and O–H groups in total. The van der Waals surface area contributed by atoms with Gasteiger partial charge in [-0.3, -0.25) is 24.1 Å². The van der Waals surface area contributed by atoms with Crippen molar-refractivity contribution in [3.63, 3.8) is 0 Å². The van der Waals surface area contributed by atoms with Gasteiger partial charge in [-0.05, 0) is 111 Å². The van der Waals surface area contributed by atoms with Gasteiger partial charge in [-0.15, -0.1) is 0 Å². The number of carbonyl (C=O) groups is 4. The zero-order chi connectivity index (χ0) is 51.8. The van der Waals surface area contributed by atoms with Crippen molar-refractivity contribution in [2.24, 2.45) is 18.9 Å². The Morgan fingerprint density at radius 3 is 2.29 bits per heavy atom. The first-order chi connectivity index (χ1) is 35.2. The maximum atomic E-state index is 15.8. The van der Waals surface area contributed by atoms with Gasteiger partial charge in [0.2, 0.25) is 17.7 Å². The Hall–Kier alpha value is -5.61. The third-order valence-electron chi connectivity index (χ3n) is 14.9. The Bertz CT molecular complexity index is 2710. The zero-order valence-corrected chi connectivity index (χ0v) is 44.5. The number of fused-ring (bicyclic) bond motifs is 1. The number of likely N-dealkylation sites (N-methyl/N-ethyl adjacent to an activating group) is 2. The fourth-order valence-electron chi connectivity index (χ4n) is 10.8. The number of hydrogen-bond donors (Lipinski definition) is 0. The third-order valence-corrected chi connectivity index (χ3v) is 15.3. The number of carbonyl (C=O) groups excluding carboxylic acids is 4. The highest BCUT2D eigenvalue weighted by molar-refractivity contribution is 6.31. The quantitative estimate of drug-likeness (QED) is 0.101. The molecule has 0 saturated carbocycles. The lowest BCUT2D eigenvalue weighted by Gasteiger charge is -2.39. The summed E-state index contributed by atoms with van der Waals surface area (Å²) in [5, 5.41) is 1.02. The Morgan fingerprint density at radius 2 is 1.56 bits per heavy atom. The molecule has 1 aliphatic carbocycles. The van der Waals surface area contributed by atoms with Crippen molar-refractivity contribution in [2.75, 3.05) is 81.3 Å². The van der Waals surface area contributed by atoms with E-state index in [4.69, 9.17) is 37.4 Å². The molecule has 73 heavy (non-hydrogen) atoms. The van der Waals surface area contributed by atoms with Gasteiger partial charge < -0.3 is 38.4 Å². The van der Waals surface area contributed by atoms with Gasteiger partial charge in [-0.1, -0.05) is 65.7 Å². The first kappa shape index (κ1) is 53.7. The number of Topliss-reactive ketones (excluding diaryl/α,β-unsaturated/α-hetero) is 1. The number of rotatable bonds is 15. The van der Waals surface area contributed by atoms with E-state index in [0.29, 0.717) is 79.3 Å². The van der Waals surface area contributed by atoms with Crippen LogP contribution in [-0.4, -0.2) is 151 Å². The lowest BCUT2D eigenvalue weighted by atomic mass is 9.83. The second-order valence-electron chi connectivity index (χ2n) is 20.1. The van der Waals surface area contributed by atoms with Crippen LogP contribution in [0.25, 0.3) is 11.3 Å². The van der Waals surface area contributed by atoms with Crippen LogP contribution in [0.15, 0.2) is 97.2 Å². The summed E-state index contributed by atoms with van der Waals surface area (Å²) in [6, 6.07) is 27.2. The molecule has 0 bridgehead atoms. The molecule has 388 valence electrons. The first-order valence-corrected chi connectivity index (χ1v) is 26.1. The van der Waals surface area contributed by atoms with E-state index in [2.05, 4.69) is 31.5 Å². The molecule has 3 heterocycles. The van der Waals surface area contributed by atoms with Crippen LogP contribution in [0.3, 0.4) is 0 Å². The highest BCUT2D eigenvalue weighted by atomic mass is 35.5. The molecule has 3 aliphatic rings. The number of methoxy groups -OCH3 is 1. The largest absolute Gasteiger partial charge is 0.457 e. The van der Waals surface area contributed by atoms with E-state index in [0.717, 1.165) is 40.2 Å². The summed E-state index contributed by atoms with van der Waals surface area (Å²) >= 11 is 13.0. The number of aromatic nitrogens is 2. The molecule has 4 aromatic carbocycles. The first-order valence-electron chi connectivity index (χ1n) is 25.3. The van der Waals surface area contributed by atoms with Gasteiger partial charge in [0, 0.05) is 88.4 Å². The monoisotopic (exact) mass is 1030 g/mol. The maximum Gasteiger partial charge on any atom is 0.228 e. The molecule has 0 unspecified atom stereocenters. The molecule has 14 nitrogen and oxygen atoms in total. The molecule has 5 atom stereocenters. The lowest BCUT2D eigenvalue weighted by molar-refractivity contribution is -0.149. The second-order valence-corrected chi connectivity index (χ2v) is 21.0. The molecule has 3 amide bonds. The fourth-order valence-corrected chi connectivity index (χ4v) is 11.1. The smallest absolute Gasteiger partial charge is 0.228 e. The van der Waals surface area contributed by atoms with E-state index < -0.39 is 23.9 Å². The molecule has 2 aliphatic heterocycles. The van der Waals surface area contributed by atoms with Crippen molar-refractivity contribution in [3.8, 4) is 22.8 Å². The number of amides is 3. The van der Waals surface area contributed by atoms with E-state index in [1.807, 2.05) is 94.1 Å². The highest BCUT2D eigenvalue weighted by Crippen LogP contribution is 2.42. The molecule has 8 rings (SSSR count). The standard InChI is InChI=1S/C57H69Cl2N7O7/c1-61(2)36-54-60-33-51(64(54)5)40-14-20-46(21-15-40)73-53-31-44(59)19-13-41(53)34-66-50(23-24-65-25-27-72-28-26-65)52(67)30-42(37-71-6)56(69)63(4)45(29-38-11-17-43(58)18-12-38)35-62(3)57(70)49(32-55(66)68)48-22-16-39-9-7-8-10-47(39)48/h7-15,17-21,31,33,42,45,48-50H,16,22-30,32,34-37H2,1-6H3/t42-,45+,48-,49-,50-/m0/s1. The van der Waals surface area contributed by atoms with Gasteiger partial charge >= 0.3 is 0 Å². The fraction of sp³-hybridized carbons (Fsp3) is 0.456. The normalized spacial score (nSPS) is 21.8. The van der Waals surface area contributed by atoms with E-state index in [9.17, 15) is 4.79 Å². The molecule has 0 radical (unpaired) electrons. The van der Waals surface area contributed by atoms with Gasteiger partial charge in [0.1, 0.15) is 17.3 Å². The number of ether oxygens (including phenoxy) is 3. The summed E-state index contributed by atoms with van der Waals surface area (Å²) in [5.74, 6) is -1.07. The molecule has 0 spiro atoms. The molecule has 2 fully saturated rings. The van der Waals surface area contributed by atoms with E-state index >= 15 is 14.4 Å². The van der Waals surface area contributed by atoms with Crippen molar-refractivity contribution < 1.29 is 33.4 Å². The molecule has 2 saturated heterocycles. The number of benzene rings is 4. The predicted octanol–water partition coefficient (Wildman–Crippen LogP) is 8.17. The number of halogens is 2. The van der Waals surface area contributed by atoms with Crippen LogP contribution in [-0.2, 0) is 61.6 Å². The summed E-state index contributed by atoms with van der Waals surface area (Å²) in [4.78, 5) is 75.4. The van der Waals surface area contributed by atoms with Gasteiger partial charge in [-0.25, -0.2) is 4.98 Å². The van der Waals surface area contributed by atoms with E-state index in [1.54, 1.807) is 40.9 Å². The van der Waals surface area contributed by atoms with E-state index in [1.165, 1.54) is 7.11 Å². The summed E-state index contributed by atoms with van der Waals surface area (Å²) in [5.41, 5.74) is 5.69. The number of imidazole rings is 1. The molecular formula is C57H69Cl2N7O7. The summed E-state index contributed by atoms with van der Waals surface area (Å²) in [7, 11) is 11.0. The Morgan fingerprint density at radius 1 is 0.836 bits per heavy atom. The minimum absolute atomic E-state index is 0.0174. The summed E-state index contributed by atoms with van der Waals surface area (Å²) in [6.07, 6.45) is 3.73. The Kier molecular flexibility index (Phi) is 18.1. The SMILES string of the molecule is COC[C@@H]1CC(=O)[C@H](CCN2CCOCC2)N(Cc2ccc(Cl)cc2Oc2ccc(-c3cnc(CN(C)C)n3C)cc2)C(=O)C[C@@H]([C@H]2CCc3ccccc32)C(=O)N(C)C[C@@H](Cc2ccc(Cl)cc2)N(C)C1=O. The van der Waals surface area contributed by atoms with E-state index in [-0.39, 0.29) is 68.4 Å². The minimum atomic E-state index is -0.982. The Balaban J connectivity index is 1.19. The average Bonchev–Trinajstić information content (AvgIpc) is 3.98. The van der Waals surface area contributed by atoms with Crippen molar-refractivity contribution in [3.05, 3.63) is 135 Å². The number of morpholine rings is 1. The molecule has 16 heteroatoms. The number of nitrogens with zero attached hydrogens (tertiary/aromatic N) is 7. The van der Waals surface area contributed by atoms with Crippen molar-refractivity contribution >= 4 is 46.7 Å². The molecule has 1 aromatic heterocycles. The van der Waals surface area contributed by atoms with Crippen LogP contribution >= 0.6 is 23.2 Å². The zero-order valence-electron chi connectivity index (χ0n) is 43.0. The second kappa shape index (κ2) is 24.6. The van der Waals surface area contributed by atoms with Crippen molar-refractivity contribution in [2.45, 2.75) is 69.6 Å². The minimum Gasteiger partial charge on any atom is -0.457 e. The predicted molar refractivity (Wildman–Crippen MR) is 284 cm³/mol. The average molecular weight is 1040 g/mol. The topological polar surface area (TPSA) is 130 Å². The van der Waals surface area contributed by atoms with Crippen LogP contribution in [0, 0.1) is 11.8 Å². The van der Waals surface area contributed by atoms with Gasteiger partial charge in [0.05, 0.1) is 68.7 Å². The van der Waals surface area contributed by atoms with Crippen LogP contribution < -0.4 is 4.74 Å². The van der Waals surface area contributed by atoms with Gasteiger partial charge in [-0.2, -0.15) is 0 Å². The van der Waals surface area contributed by atoms with Crippen molar-refractivity contribution in [1.82, 2.24) is 34.1 Å². The van der Waals surface area contributed by atoms with Crippen LogP contribution in [0.5, 0.6) is 11.5 Å². The number of ketones is 1. The third kappa shape index (κ3) is 13.2. The maximum absolute atomic E-state index is 15.8. The van der Waals surface area contributed by atoms with Crippen LogP contribution in [0.2, 0.25) is 10.0 Å². The molecular weight excluding hydrogens is 966 g/mol. The van der Waals surface area contributed by atoms with Gasteiger partial charge in [0.25, 0.3) is 0 Å². The molecule has 5 aromatic rings. The van der Waals surface area contributed by atoms with Crippen LogP contribution in [0.1, 0.15) is 59.7 Å². The highest BCUT2D eigenvalue weighted by Gasteiger charge is 2.42. The van der Waals surface area contributed by atoms with Crippen molar-refractivity contribution in [1.29, 1.82) is 0 Å². The van der Waals surface area contributed by atoms with Crippen LogP contribution in [0.4, 0.5) is 0 Å². The number of aryl methyl sites for hydroxylation is 1. The van der Waals surface area contributed by atoms with Gasteiger partial charge in [0.15, 0.2) is 5.78 Å². The lowest BCUT2D eigenvalue weighted by Crippen LogP contribution is -2.53. The Labute approximate surface area is 440 Å². The number of hydrogen-bond acceptors (Lipinski definition) is 10.